The van der Waals surface area contributed by atoms with Crippen molar-refractivity contribution in [1.29, 1.82) is 0 Å². The summed E-state index contributed by atoms with van der Waals surface area (Å²) in [6.45, 7) is 5.04. The molecule has 1 heterocycles. The molecule has 2 rings (SSSR count). The number of nitrogens with zero attached hydrogens (tertiary/aromatic N) is 2. The summed E-state index contributed by atoms with van der Waals surface area (Å²) in [5, 5.41) is 0.0326. The van der Waals surface area contributed by atoms with Crippen LogP contribution < -0.4 is 9.46 Å². The van der Waals surface area contributed by atoms with Gasteiger partial charge in [0, 0.05) is 19.8 Å². The zero-order valence-electron chi connectivity index (χ0n) is 13.7. The second kappa shape index (κ2) is 7.61. The lowest BCUT2D eigenvalue weighted by atomic mass is 10.0. The largest absolute Gasteiger partial charge is 0.494 e. The molecular weight excluding hydrogens is 314 g/mol. The van der Waals surface area contributed by atoms with Gasteiger partial charge >= 0.3 is 0 Å². The van der Waals surface area contributed by atoms with Gasteiger partial charge in [-0.25, -0.2) is 18.1 Å². The molecule has 1 aromatic carbocycles. The van der Waals surface area contributed by atoms with E-state index < -0.39 is 10.0 Å². The predicted octanol–water partition coefficient (Wildman–Crippen LogP) is 2.29. The number of sulfonamides is 1. The molecule has 0 unspecified atom stereocenters. The lowest BCUT2D eigenvalue weighted by Gasteiger charge is -2.09. The zero-order valence-corrected chi connectivity index (χ0v) is 14.5. The monoisotopic (exact) mass is 337 g/mol. The standard InChI is InChI=1S/C16H23N3O3S/c1-13(2)14-5-7-15(8-6-14)22-10-4-9-18-23(20,21)16-11-19(3)12-17-16/h5-8,11-13,18H,4,9-10H2,1-3H3. The molecule has 0 aliphatic carbocycles. The van der Waals surface area contributed by atoms with Crippen LogP contribution in [-0.4, -0.2) is 31.1 Å². The van der Waals surface area contributed by atoms with Gasteiger partial charge in [0.25, 0.3) is 10.0 Å². The molecule has 1 N–H and O–H groups in total. The summed E-state index contributed by atoms with van der Waals surface area (Å²) >= 11 is 0. The van der Waals surface area contributed by atoms with Gasteiger partial charge in [0.15, 0.2) is 5.03 Å². The number of hydrogen-bond donors (Lipinski definition) is 1. The smallest absolute Gasteiger partial charge is 0.259 e. The van der Waals surface area contributed by atoms with E-state index in [0.29, 0.717) is 25.5 Å². The fraction of sp³-hybridized carbons (Fsp3) is 0.438. The van der Waals surface area contributed by atoms with Crippen molar-refractivity contribution < 1.29 is 13.2 Å². The first-order valence-electron chi connectivity index (χ1n) is 7.59. The highest BCUT2D eigenvalue weighted by Gasteiger charge is 2.15. The molecule has 2 aromatic rings. The second-order valence-electron chi connectivity index (χ2n) is 5.70. The number of hydrogen-bond acceptors (Lipinski definition) is 4. The normalized spacial score (nSPS) is 11.8. The third-order valence-corrected chi connectivity index (χ3v) is 4.73. The van der Waals surface area contributed by atoms with Crippen molar-refractivity contribution in [2.75, 3.05) is 13.2 Å². The minimum absolute atomic E-state index is 0.0326. The minimum Gasteiger partial charge on any atom is -0.494 e. The summed E-state index contributed by atoms with van der Waals surface area (Å²) in [6.07, 6.45) is 3.51. The van der Waals surface area contributed by atoms with Gasteiger partial charge in [0.2, 0.25) is 0 Å². The Labute approximate surface area is 137 Å². The lowest BCUT2D eigenvalue weighted by Crippen LogP contribution is -2.26. The molecule has 0 saturated carbocycles. The van der Waals surface area contributed by atoms with E-state index in [1.807, 2.05) is 24.3 Å². The molecule has 23 heavy (non-hydrogen) atoms. The van der Waals surface area contributed by atoms with Gasteiger partial charge in [-0.3, -0.25) is 0 Å². The highest BCUT2D eigenvalue weighted by Crippen LogP contribution is 2.18. The van der Waals surface area contributed by atoms with Crippen molar-refractivity contribution in [3.63, 3.8) is 0 Å². The average molecular weight is 337 g/mol. The number of ether oxygens (including phenoxy) is 1. The first-order valence-corrected chi connectivity index (χ1v) is 9.07. The van der Waals surface area contributed by atoms with Gasteiger partial charge in [-0.2, -0.15) is 0 Å². The number of benzene rings is 1. The Morgan fingerprint density at radius 2 is 1.96 bits per heavy atom. The molecule has 0 spiro atoms. The molecule has 0 fully saturated rings. The van der Waals surface area contributed by atoms with E-state index >= 15 is 0 Å². The molecule has 1 aromatic heterocycles. The van der Waals surface area contributed by atoms with Gasteiger partial charge in [0.1, 0.15) is 5.75 Å². The number of nitrogens with one attached hydrogen (secondary N) is 1. The molecule has 0 amide bonds. The van der Waals surface area contributed by atoms with E-state index in [2.05, 4.69) is 23.6 Å². The number of rotatable bonds is 8. The van der Waals surface area contributed by atoms with Crippen LogP contribution >= 0.6 is 0 Å². The van der Waals surface area contributed by atoms with Crippen molar-refractivity contribution in [2.45, 2.75) is 31.2 Å². The van der Waals surface area contributed by atoms with E-state index in [1.54, 1.807) is 11.6 Å². The molecule has 7 heteroatoms. The maximum atomic E-state index is 12.0. The Bertz CT molecular complexity index is 721. The Morgan fingerprint density at radius 1 is 1.26 bits per heavy atom. The maximum absolute atomic E-state index is 12.0. The first-order chi connectivity index (χ1) is 10.9. The Balaban J connectivity index is 1.73. The predicted molar refractivity (Wildman–Crippen MR) is 89.0 cm³/mol. The van der Waals surface area contributed by atoms with Crippen LogP contribution in [0.5, 0.6) is 5.75 Å². The Kier molecular flexibility index (Phi) is 5.79. The molecule has 0 bridgehead atoms. The summed E-state index contributed by atoms with van der Waals surface area (Å²) in [4.78, 5) is 3.84. The van der Waals surface area contributed by atoms with Crippen molar-refractivity contribution in [3.8, 4) is 5.75 Å². The van der Waals surface area contributed by atoms with Gasteiger partial charge < -0.3 is 9.30 Å². The van der Waals surface area contributed by atoms with Gasteiger partial charge in [-0.15, -0.1) is 0 Å². The van der Waals surface area contributed by atoms with Crippen LogP contribution in [-0.2, 0) is 17.1 Å². The molecule has 0 aliphatic rings. The fourth-order valence-electron chi connectivity index (χ4n) is 2.02. The quantitative estimate of drug-likeness (QED) is 0.750. The third kappa shape index (κ3) is 5.07. The average Bonchev–Trinajstić information content (AvgIpc) is 2.95. The third-order valence-electron chi connectivity index (χ3n) is 3.39. The molecular formula is C16H23N3O3S. The van der Waals surface area contributed by atoms with Crippen molar-refractivity contribution >= 4 is 10.0 Å². The Hall–Kier alpha value is -1.86. The molecule has 0 saturated heterocycles. The van der Waals surface area contributed by atoms with E-state index in [4.69, 9.17) is 4.74 Å². The summed E-state index contributed by atoms with van der Waals surface area (Å²) in [5.74, 6) is 1.28. The van der Waals surface area contributed by atoms with Gasteiger partial charge in [0.05, 0.1) is 12.9 Å². The highest BCUT2D eigenvalue weighted by molar-refractivity contribution is 7.89. The minimum atomic E-state index is -3.54. The molecule has 0 atom stereocenters. The lowest BCUT2D eigenvalue weighted by molar-refractivity contribution is 0.311. The van der Waals surface area contributed by atoms with Gasteiger partial charge in [-0.05, 0) is 30.0 Å². The summed E-state index contributed by atoms with van der Waals surface area (Å²) in [5.41, 5.74) is 1.26. The molecule has 126 valence electrons. The second-order valence-corrected chi connectivity index (χ2v) is 7.41. The fourth-order valence-corrected chi connectivity index (χ4v) is 3.07. The van der Waals surface area contributed by atoms with Crippen LogP contribution in [0.4, 0.5) is 0 Å². The van der Waals surface area contributed by atoms with Crippen molar-refractivity contribution in [2.24, 2.45) is 7.05 Å². The number of aryl methyl sites for hydroxylation is 1. The van der Waals surface area contributed by atoms with E-state index in [-0.39, 0.29) is 5.03 Å². The zero-order chi connectivity index (χ0) is 16.9. The van der Waals surface area contributed by atoms with Crippen LogP contribution in [0.1, 0.15) is 31.7 Å². The highest BCUT2D eigenvalue weighted by atomic mass is 32.2. The summed E-state index contributed by atoms with van der Waals surface area (Å²) < 4.78 is 33.6. The topological polar surface area (TPSA) is 73.2 Å². The van der Waals surface area contributed by atoms with Gasteiger partial charge in [-0.1, -0.05) is 26.0 Å². The van der Waals surface area contributed by atoms with E-state index in [9.17, 15) is 8.42 Å². The van der Waals surface area contributed by atoms with E-state index in [1.165, 1.54) is 18.1 Å². The van der Waals surface area contributed by atoms with Crippen LogP contribution in [0.25, 0.3) is 0 Å². The van der Waals surface area contributed by atoms with E-state index in [0.717, 1.165) is 5.75 Å². The molecule has 0 aliphatic heterocycles. The van der Waals surface area contributed by atoms with Crippen LogP contribution in [0.3, 0.4) is 0 Å². The Morgan fingerprint density at radius 3 is 2.52 bits per heavy atom. The van der Waals surface area contributed by atoms with Crippen LogP contribution in [0.15, 0.2) is 41.8 Å². The summed E-state index contributed by atoms with van der Waals surface area (Å²) in [6, 6.07) is 7.97. The maximum Gasteiger partial charge on any atom is 0.259 e. The van der Waals surface area contributed by atoms with Crippen LogP contribution in [0.2, 0.25) is 0 Å². The number of imidazole rings is 1. The SMILES string of the molecule is CC(C)c1ccc(OCCCNS(=O)(=O)c2cn(C)cn2)cc1. The van der Waals surface area contributed by atoms with Crippen LogP contribution in [0, 0.1) is 0 Å². The molecule has 0 radical (unpaired) electrons. The molecule has 6 nitrogen and oxygen atoms in total. The van der Waals surface area contributed by atoms with Crippen molar-refractivity contribution in [3.05, 3.63) is 42.4 Å². The van der Waals surface area contributed by atoms with Crippen molar-refractivity contribution in [1.82, 2.24) is 14.3 Å². The first kappa shape index (κ1) is 17.5. The number of aromatic nitrogens is 2. The summed E-state index contributed by atoms with van der Waals surface area (Å²) in [7, 11) is -1.81.